The van der Waals surface area contributed by atoms with Gasteiger partial charge in [0, 0.05) is 25.0 Å². The molecule has 3 aromatic heterocycles. The van der Waals surface area contributed by atoms with E-state index in [-0.39, 0.29) is 22.5 Å². The minimum Gasteiger partial charge on any atom is -0.296 e. The number of hydrogen-bond donors (Lipinski definition) is 1. The van der Waals surface area contributed by atoms with Gasteiger partial charge in [-0.25, -0.2) is 19.2 Å². The lowest BCUT2D eigenvalue weighted by molar-refractivity contribution is 0.102. The van der Waals surface area contributed by atoms with Crippen molar-refractivity contribution in [3.8, 4) is 11.3 Å². The van der Waals surface area contributed by atoms with Crippen molar-refractivity contribution in [2.75, 3.05) is 5.32 Å². The molecular weight excluding hydrogens is 397 g/mol. The molecule has 0 aliphatic carbocycles. The molecule has 0 saturated heterocycles. The summed E-state index contributed by atoms with van der Waals surface area (Å²) >= 11 is 1.21. The van der Waals surface area contributed by atoms with E-state index in [0.29, 0.717) is 10.8 Å². The quantitative estimate of drug-likeness (QED) is 0.557. The molecule has 4 aromatic rings. The number of benzene rings is 1. The summed E-state index contributed by atoms with van der Waals surface area (Å²) in [7, 11) is 2.86. The fourth-order valence-corrected chi connectivity index (χ4v) is 3.54. The Hall–Kier alpha value is -3.66. The number of carbonyl (C=O) groups is 1. The highest BCUT2D eigenvalue weighted by atomic mass is 32.1. The average Bonchev–Trinajstić information content (AvgIpc) is 3.19. The van der Waals surface area contributed by atoms with Crippen LogP contribution in [0.25, 0.3) is 22.3 Å². The number of carbonyl (C=O) groups excluding carboxylic acids is 1. The molecule has 29 heavy (non-hydrogen) atoms. The molecule has 0 aliphatic rings. The SMILES string of the molecule is Cn1c(=O)c2ccc(C(=O)Nc3nc(-c4ccc(F)cc4)cs3)nc2n(C)c1=O. The summed E-state index contributed by atoms with van der Waals surface area (Å²) in [6.07, 6.45) is 0. The van der Waals surface area contributed by atoms with E-state index in [2.05, 4.69) is 15.3 Å². The van der Waals surface area contributed by atoms with Crippen LogP contribution in [-0.4, -0.2) is 25.0 Å². The first-order chi connectivity index (χ1) is 13.8. The lowest BCUT2D eigenvalue weighted by Crippen LogP contribution is -2.37. The third kappa shape index (κ3) is 3.34. The highest BCUT2D eigenvalue weighted by molar-refractivity contribution is 7.14. The second kappa shape index (κ2) is 7.06. The van der Waals surface area contributed by atoms with E-state index >= 15 is 0 Å². The van der Waals surface area contributed by atoms with Crippen LogP contribution in [0.5, 0.6) is 0 Å². The molecule has 10 heteroatoms. The lowest BCUT2D eigenvalue weighted by atomic mass is 10.2. The predicted molar refractivity (Wildman–Crippen MR) is 108 cm³/mol. The molecule has 0 radical (unpaired) electrons. The van der Waals surface area contributed by atoms with E-state index in [4.69, 9.17) is 0 Å². The zero-order chi connectivity index (χ0) is 20.7. The number of aromatic nitrogens is 4. The summed E-state index contributed by atoms with van der Waals surface area (Å²) in [4.78, 5) is 45.4. The van der Waals surface area contributed by atoms with Crippen LogP contribution < -0.4 is 16.6 Å². The molecule has 0 bridgehead atoms. The number of aryl methyl sites for hydroxylation is 1. The van der Waals surface area contributed by atoms with Crippen molar-refractivity contribution in [2.45, 2.75) is 0 Å². The number of pyridine rings is 1. The Labute approximate surface area is 166 Å². The Morgan fingerprint density at radius 1 is 1.03 bits per heavy atom. The molecule has 0 fully saturated rings. The fraction of sp³-hybridized carbons (Fsp3) is 0.105. The Balaban J connectivity index is 1.64. The summed E-state index contributed by atoms with van der Waals surface area (Å²) in [6.45, 7) is 0. The number of halogens is 1. The summed E-state index contributed by atoms with van der Waals surface area (Å²) in [5.74, 6) is -0.871. The van der Waals surface area contributed by atoms with Crippen LogP contribution in [0.4, 0.5) is 9.52 Å². The summed E-state index contributed by atoms with van der Waals surface area (Å²) in [5.41, 5.74) is 0.472. The number of amides is 1. The van der Waals surface area contributed by atoms with Crippen molar-refractivity contribution < 1.29 is 9.18 Å². The van der Waals surface area contributed by atoms with Gasteiger partial charge in [0.05, 0.1) is 11.1 Å². The summed E-state index contributed by atoms with van der Waals surface area (Å²) in [5, 5.41) is 4.96. The largest absolute Gasteiger partial charge is 0.332 e. The van der Waals surface area contributed by atoms with Crippen LogP contribution in [0, 0.1) is 5.82 Å². The van der Waals surface area contributed by atoms with Crippen LogP contribution >= 0.6 is 11.3 Å². The van der Waals surface area contributed by atoms with E-state index in [1.165, 1.54) is 54.3 Å². The van der Waals surface area contributed by atoms with Crippen LogP contribution in [0.1, 0.15) is 10.5 Å². The van der Waals surface area contributed by atoms with Crippen molar-refractivity contribution >= 4 is 33.4 Å². The maximum absolute atomic E-state index is 13.1. The van der Waals surface area contributed by atoms with Gasteiger partial charge >= 0.3 is 5.69 Å². The van der Waals surface area contributed by atoms with Gasteiger partial charge in [-0.05, 0) is 36.4 Å². The van der Waals surface area contributed by atoms with Gasteiger partial charge in [0.15, 0.2) is 5.13 Å². The number of thiazole rings is 1. The Morgan fingerprint density at radius 3 is 2.48 bits per heavy atom. The number of hydrogen-bond acceptors (Lipinski definition) is 6. The minimum absolute atomic E-state index is 0.0410. The van der Waals surface area contributed by atoms with Gasteiger partial charge in [0.1, 0.15) is 17.2 Å². The minimum atomic E-state index is -0.531. The second-order valence-corrected chi connectivity index (χ2v) is 7.13. The molecule has 0 atom stereocenters. The third-order valence-corrected chi connectivity index (χ3v) is 5.16. The number of anilines is 1. The number of fused-ring (bicyclic) bond motifs is 1. The molecule has 0 saturated carbocycles. The van der Waals surface area contributed by atoms with Crippen LogP contribution in [0.15, 0.2) is 51.4 Å². The third-order valence-electron chi connectivity index (χ3n) is 4.40. The van der Waals surface area contributed by atoms with Gasteiger partial charge in [0.25, 0.3) is 11.5 Å². The monoisotopic (exact) mass is 411 g/mol. The van der Waals surface area contributed by atoms with Crippen LogP contribution in [0.2, 0.25) is 0 Å². The topological polar surface area (TPSA) is 98.9 Å². The van der Waals surface area contributed by atoms with Crippen molar-refractivity contribution in [2.24, 2.45) is 14.1 Å². The second-order valence-electron chi connectivity index (χ2n) is 6.27. The molecule has 1 aromatic carbocycles. The van der Waals surface area contributed by atoms with Crippen molar-refractivity contribution in [1.82, 2.24) is 19.1 Å². The smallest absolute Gasteiger partial charge is 0.296 e. The molecule has 3 heterocycles. The summed E-state index contributed by atoms with van der Waals surface area (Å²) in [6, 6.07) is 8.74. The van der Waals surface area contributed by atoms with Gasteiger partial charge in [-0.3, -0.25) is 24.0 Å². The number of rotatable bonds is 3. The maximum Gasteiger partial charge on any atom is 0.332 e. The molecule has 8 nitrogen and oxygen atoms in total. The molecule has 4 rings (SSSR count). The van der Waals surface area contributed by atoms with E-state index < -0.39 is 17.2 Å². The van der Waals surface area contributed by atoms with Crippen molar-refractivity contribution in [3.63, 3.8) is 0 Å². The lowest BCUT2D eigenvalue weighted by Gasteiger charge is -2.08. The van der Waals surface area contributed by atoms with Gasteiger partial charge in [0.2, 0.25) is 0 Å². The molecule has 1 amide bonds. The number of nitrogens with zero attached hydrogens (tertiary/aromatic N) is 4. The Kier molecular flexibility index (Phi) is 4.55. The van der Waals surface area contributed by atoms with E-state index in [9.17, 15) is 18.8 Å². The molecule has 0 aliphatic heterocycles. The Bertz CT molecular complexity index is 1370. The van der Waals surface area contributed by atoms with Crippen molar-refractivity contribution in [3.05, 3.63) is 74.1 Å². The molecule has 146 valence electrons. The van der Waals surface area contributed by atoms with E-state index in [1.807, 2.05) is 0 Å². The van der Waals surface area contributed by atoms with E-state index in [1.54, 1.807) is 17.5 Å². The summed E-state index contributed by atoms with van der Waals surface area (Å²) < 4.78 is 15.2. The standard InChI is InChI=1S/C19H14FN5O3S/c1-24-15-12(17(27)25(2)19(24)28)7-8-13(21-15)16(26)23-18-22-14(9-29-18)10-3-5-11(20)6-4-10/h3-9H,1-2H3,(H,22,23,26). The molecule has 0 unspecified atom stereocenters. The van der Waals surface area contributed by atoms with Gasteiger partial charge in [-0.1, -0.05) is 0 Å². The van der Waals surface area contributed by atoms with Gasteiger partial charge < -0.3 is 0 Å². The maximum atomic E-state index is 13.1. The first-order valence-electron chi connectivity index (χ1n) is 8.45. The zero-order valence-electron chi connectivity index (χ0n) is 15.3. The first kappa shape index (κ1) is 18.7. The first-order valence-corrected chi connectivity index (χ1v) is 9.32. The van der Waals surface area contributed by atoms with Crippen LogP contribution in [-0.2, 0) is 14.1 Å². The zero-order valence-corrected chi connectivity index (χ0v) is 16.2. The highest BCUT2D eigenvalue weighted by Crippen LogP contribution is 2.25. The number of nitrogens with one attached hydrogen (secondary N) is 1. The Morgan fingerprint density at radius 2 is 1.76 bits per heavy atom. The van der Waals surface area contributed by atoms with Crippen molar-refractivity contribution in [1.29, 1.82) is 0 Å². The van der Waals surface area contributed by atoms with Gasteiger partial charge in [-0.15, -0.1) is 11.3 Å². The molecular formula is C19H14FN5O3S. The van der Waals surface area contributed by atoms with E-state index in [0.717, 1.165) is 10.1 Å². The molecule has 0 spiro atoms. The highest BCUT2D eigenvalue weighted by Gasteiger charge is 2.15. The normalized spacial score (nSPS) is 11.0. The predicted octanol–water partition coefficient (Wildman–Crippen LogP) is 2.15. The average molecular weight is 411 g/mol. The fourth-order valence-electron chi connectivity index (χ4n) is 2.83. The van der Waals surface area contributed by atoms with Crippen LogP contribution in [0.3, 0.4) is 0 Å². The van der Waals surface area contributed by atoms with Gasteiger partial charge in [-0.2, -0.15) is 0 Å². The molecule has 1 N–H and O–H groups in total.